The molecule has 10 heteroatoms. The molecule has 5 N–H and O–H groups in total. The SMILES string of the molecule is C=Nc1cc(F)c(C)c2c1C(=C)C(NC(=O)COCNC(=O)CNC(=O)[C@H](N)Cc1ccccc1)CC2. The molecule has 1 unspecified atom stereocenters. The molecule has 2 atom stereocenters. The molecule has 1 aliphatic carbocycles. The van der Waals surface area contributed by atoms with Crippen molar-refractivity contribution in [2.45, 2.75) is 38.3 Å². The summed E-state index contributed by atoms with van der Waals surface area (Å²) < 4.78 is 19.4. The summed E-state index contributed by atoms with van der Waals surface area (Å²) in [6, 6.07) is 9.51. The zero-order valence-electron chi connectivity index (χ0n) is 20.8. The summed E-state index contributed by atoms with van der Waals surface area (Å²) in [5, 5.41) is 7.80. The van der Waals surface area contributed by atoms with E-state index in [1.54, 1.807) is 6.92 Å². The average molecular weight is 510 g/mol. The quantitative estimate of drug-likeness (QED) is 0.208. The van der Waals surface area contributed by atoms with Gasteiger partial charge in [0.15, 0.2) is 0 Å². The van der Waals surface area contributed by atoms with Gasteiger partial charge in [0.05, 0.1) is 24.3 Å². The first kappa shape index (κ1) is 27.7. The Morgan fingerprint density at radius 3 is 2.65 bits per heavy atom. The molecule has 3 rings (SSSR count). The second kappa shape index (κ2) is 12.9. The number of hydrogen-bond donors (Lipinski definition) is 4. The van der Waals surface area contributed by atoms with Crippen LogP contribution in [0.15, 0.2) is 48.0 Å². The maximum Gasteiger partial charge on any atom is 0.246 e. The Balaban J connectivity index is 1.37. The Labute approximate surface area is 215 Å². The average Bonchev–Trinajstić information content (AvgIpc) is 2.89. The molecule has 37 heavy (non-hydrogen) atoms. The minimum atomic E-state index is -0.780. The number of nitrogens with one attached hydrogen (secondary N) is 3. The number of hydrogen-bond acceptors (Lipinski definition) is 6. The molecule has 0 bridgehead atoms. The predicted molar refractivity (Wildman–Crippen MR) is 140 cm³/mol. The molecule has 196 valence electrons. The maximum absolute atomic E-state index is 14.2. The predicted octanol–water partition coefficient (Wildman–Crippen LogP) is 1.69. The van der Waals surface area contributed by atoms with E-state index in [-0.39, 0.29) is 31.7 Å². The Kier molecular flexibility index (Phi) is 9.64. The van der Waals surface area contributed by atoms with Gasteiger partial charge < -0.3 is 26.4 Å². The topological polar surface area (TPSA) is 135 Å². The van der Waals surface area contributed by atoms with Gasteiger partial charge in [-0.15, -0.1) is 0 Å². The van der Waals surface area contributed by atoms with Crippen LogP contribution in [0.1, 0.15) is 28.7 Å². The Hall–Kier alpha value is -3.89. The van der Waals surface area contributed by atoms with Crippen molar-refractivity contribution >= 4 is 35.7 Å². The standard InChI is InChI=1S/C27H32FN5O4/c1-16-19-9-10-22(17(2)26(19)23(30-3)12-20(16)28)33-25(35)14-37-15-32-24(34)13-31-27(36)21(29)11-18-7-5-4-6-8-18/h4-8,12,21-22H,2-3,9-11,13-15,29H2,1H3,(H,31,36)(H,32,34)(H,33,35)/t21-,22?/m1/s1. The fourth-order valence-electron chi connectivity index (χ4n) is 4.21. The summed E-state index contributed by atoms with van der Waals surface area (Å²) >= 11 is 0. The van der Waals surface area contributed by atoms with Crippen LogP contribution in [0.2, 0.25) is 0 Å². The van der Waals surface area contributed by atoms with E-state index in [9.17, 15) is 18.8 Å². The molecule has 1 aliphatic rings. The van der Waals surface area contributed by atoms with Crippen LogP contribution in [0.4, 0.5) is 10.1 Å². The number of amides is 3. The number of aliphatic imine (C=N–C) groups is 1. The third-order valence-electron chi connectivity index (χ3n) is 6.23. The highest BCUT2D eigenvalue weighted by molar-refractivity contribution is 5.88. The lowest BCUT2D eigenvalue weighted by Crippen LogP contribution is -2.46. The summed E-state index contributed by atoms with van der Waals surface area (Å²) in [4.78, 5) is 40.4. The van der Waals surface area contributed by atoms with Crippen LogP contribution < -0.4 is 21.7 Å². The van der Waals surface area contributed by atoms with Crippen molar-refractivity contribution in [1.29, 1.82) is 0 Å². The van der Waals surface area contributed by atoms with Crippen molar-refractivity contribution < 1.29 is 23.5 Å². The van der Waals surface area contributed by atoms with Crippen molar-refractivity contribution in [3.8, 4) is 0 Å². The van der Waals surface area contributed by atoms with Crippen LogP contribution >= 0.6 is 0 Å². The molecule has 0 radical (unpaired) electrons. The lowest BCUT2D eigenvalue weighted by atomic mass is 9.81. The molecule has 0 aliphatic heterocycles. The van der Waals surface area contributed by atoms with Crippen LogP contribution in [-0.2, 0) is 32.0 Å². The molecular weight excluding hydrogens is 477 g/mol. The van der Waals surface area contributed by atoms with Gasteiger partial charge in [-0.3, -0.25) is 19.4 Å². The van der Waals surface area contributed by atoms with E-state index in [0.717, 1.165) is 11.1 Å². The van der Waals surface area contributed by atoms with Gasteiger partial charge in [0.25, 0.3) is 0 Å². The van der Waals surface area contributed by atoms with Crippen LogP contribution in [-0.4, -0.2) is 56.4 Å². The summed E-state index contributed by atoms with van der Waals surface area (Å²) in [5.41, 5.74) is 9.92. The Morgan fingerprint density at radius 1 is 1.22 bits per heavy atom. The molecule has 2 aromatic carbocycles. The summed E-state index contributed by atoms with van der Waals surface area (Å²) in [5.74, 6) is -1.66. The zero-order chi connectivity index (χ0) is 26.9. The third kappa shape index (κ3) is 7.31. The van der Waals surface area contributed by atoms with Crippen LogP contribution in [0.3, 0.4) is 0 Å². The molecule has 2 aromatic rings. The van der Waals surface area contributed by atoms with Crippen molar-refractivity contribution in [3.05, 3.63) is 71.0 Å². The fraction of sp³-hybridized carbons (Fsp3) is 0.333. The van der Waals surface area contributed by atoms with Gasteiger partial charge >= 0.3 is 0 Å². The van der Waals surface area contributed by atoms with Crippen LogP contribution in [0.5, 0.6) is 0 Å². The smallest absolute Gasteiger partial charge is 0.246 e. The van der Waals surface area contributed by atoms with Gasteiger partial charge in [-0.2, -0.15) is 0 Å². The van der Waals surface area contributed by atoms with Gasteiger partial charge in [0.1, 0.15) is 19.2 Å². The summed E-state index contributed by atoms with van der Waals surface area (Å²) in [7, 11) is 0. The molecule has 9 nitrogen and oxygen atoms in total. The van der Waals surface area contributed by atoms with E-state index < -0.39 is 23.8 Å². The largest absolute Gasteiger partial charge is 0.351 e. The lowest BCUT2D eigenvalue weighted by Gasteiger charge is -2.30. The molecule has 0 saturated carbocycles. The molecule has 0 aromatic heterocycles. The number of carbonyl (C=O) groups excluding carboxylic acids is 3. The molecule has 0 spiro atoms. The second-order valence-corrected chi connectivity index (χ2v) is 8.80. The number of halogens is 1. The number of fused-ring (bicyclic) bond motifs is 1. The first-order valence-electron chi connectivity index (χ1n) is 11.9. The van der Waals surface area contributed by atoms with E-state index in [2.05, 4.69) is 34.2 Å². The molecular formula is C27H32FN5O4. The first-order valence-corrected chi connectivity index (χ1v) is 11.9. The summed E-state index contributed by atoms with van der Waals surface area (Å²) in [6.07, 6.45) is 1.47. The monoisotopic (exact) mass is 509 g/mol. The van der Waals surface area contributed by atoms with E-state index in [0.29, 0.717) is 41.6 Å². The van der Waals surface area contributed by atoms with Gasteiger partial charge in [0, 0.05) is 11.6 Å². The fourth-order valence-corrected chi connectivity index (χ4v) is 4.21. The van der Waals surface area contributed by atoms with Gasteiger partial charge in [-0.05, 0) is 55.2 Å². The molecule has 0 saturated heterocycles. The molecule has 3 amide bonds. The Bertz CT molecular complexity index is 1190. The maximum atomic E-state index is 14.2. The van der Waals surface area contributed by atoms with Crippen molar-refractivity contribution in [2.75, 3.05) is 19.9 Å². The number of nitrogens with zero attached hydrogens (tertiary/aromatic N) is 1. The number of carbonyl (C=O) groups is 3. The van der Waals surface area contributed by atoms with Crippen LogP contribution in [0.25, 0.3) is 5.57 Å². The van der Waals surface area contributed by atoms with Crippen LogP contribution in [0, 0.1) is 12.7 Å². The highest BCUT2D eigenvalue weighted by Gasteiger charge is 2.28. The number of nitrogens with two attached hydrogens (primary N) is 1. The van der Waals surface area contributed by atoms with E-state index in [4.69, 9.17) is 10.5 Å². The Morgan fingerprint density at radius 2 is 1.95 bits per heavy atom. The van der Waals surface area contributed by atoms with Crippen molar-refractivity contribution in [2.24, 2.45) is 10.7 Å². The number of rotatable bonds is 11. The third-order valence-corrected chi connectivity index (χ3v) is 6.23. The van der Waals surface area contributed by atoms with E-state index in [1.165, 1.54) is 6.07 Å². The lowest BCUT2D eigenvalue weighted by molar-refractivity contribution is -0.130. The number of benzene rings is 2. The van der Waals surface area contributed by atoms with Gasteiger partial charge in [0.2, 0.25) is 17.7 Å². The normalized spacial score (nSPS) is 15.3. The van der Waals surface area contributed by atoms with E-state index >= 15 is 0 Å². The highest BCUT2D eigenvalue weighted by Crippen LogP contribution is 2.39. The minimum Gasteiger partial charge on any atom is -0.351 e. The second-order valence-electron chi connectivity index (χ2n) is 8.80. The summed E-state index contributed by atoms with van der Waals surface area (Å²) in [6.45, 7) is 8.54. The van der Waals surface area contributed by atoms with Gasteiger partial charge in [-0.25, -0.2) is 4.39 Å². The number of ether oxygens (including phenoxy) is 1. The van der Waals surface area contributed by atoms with Crippen molar-refractivity contribution in [3.63, 3.8) is 0 Å². The minimum absolute atomic E-state index is 0.213. The first-order chi connectivity index (χ1) is 17.7. The highest BCUT2D eigenvalue weighted by atomic mass is 19.1. The van der Waals surface area contributed by atoms with E-state index in [1.807, 2.05) is 30.3 Å². The zero-order valence-corrected chi connectivity index (χ0v) is 20.8. The van der Waals surface area contributed by atoms with Gasteiger partial charge in [-0.1, -0.05) is 36.9 Å². The van der Waals surface area contributed by atoms with Crippen molar-refractivity contribution in [1.82, 2.24) is 16.0 Å². The molecule has 0 heterocycles. The molecule has 0 fully saturated rings.